The molecule has 1 aliphatic rings. The van der Waals surface area contributed by atoms with Crippen molar-refractivity contribution < 1.29 is 13.2 Å². The highest BCUT2D eigenvalue weighted by molar-refractivity contribution is 7.89. The second-order valence-electron chi connectivity index (χ2n) is 9.63. The number of nitrogens with zero attached hydrogens (tertiary/aromatic N) is 4. The molecule has 2 aromatic carbocycles. The van der Waals surface area contributed by atoms with Gasteiger partial charge in [-0.2, -0.15) is 4.31 Å². The van der Waals surface area contributed by atoms with Crippen molar-refractivity contribution in [2.75, 3.05) is 18.0 Å². The van der Waals surface area contributed by atoms with E-state index in [9.17, 15) is 13.2 Å². The van der Waals surface area contributed by atoms with Gasteiger partial charge in [0.25, 0.3) is 5.91 Å². The predicted octanol–water partition coefficient (Wildman–Crippen LogP) is 5.86. The number of thiazole rings is 1. The summed E-state index contributed by atoms with van der Waals surface area (Å²) in [6.07, 6.45) is 4.40. The number of amides is 1. The Morgan fingerprint density at radius 1 is 1.08 bits per heavy atom. The van der Waals surface area contributed by atoms with Crippen molar-refractivity contribution in [2.45, 2.75) is 31.7 Å². The minimum atomic E-state index is -3.64. The Morgan fingerprint density at radius 3 is 2.46 bits per heavy atom. The molecule has 1 aliphatic heterocycles. The molecule has 1 amide bonds. The third-order valence-electron chi connectivity index (χ3n) is 6.47. The highest BCUT2D eigenvalue weighted by Crippen LogP contribution is 2.34. The van der Waals surface area contributed by atoms with Crippen LogP contribution >= 0.6 is 22.9 Å². The van der Waals surface area contributed by atoms with Crippen molar-refractivity contribution in [3.05, 3.63) is 83.1 Å². The fourth-order valence-corrected chi connectivity index (χ4v) is 7.74. The van der Waals surface area contributed by atoms with E-state index in [4.69, 9.17) is 11.6 Å². The largest absolute Gasteiger partial charge is 0.279 e. The van der Waals surface area contributed by atoms with E-state index in [1.807, 2.05) is 24.3 Å². The number of fused-ring (bicyclic) bond motifs is 1. The van der Waals surface area contributed by atoms with Gasteiger partial charge < -0.3 is 0 Å². The van der Waals surface area contributed by atoms with Gasteiger partial charge in [-0.25, -0.2) is 13.4 Å². The number of benzene rings is 2. The maximum Gasteiger partial charge on any atom is 0.260 e. The highest BCUT2D eigenvalue weighted by Gasteiger charge is 2.32. The smallest absolute Gasteiger partial charge is 0.260 e. The number of hydrogen-bond donors (Lipinski definition) is 0. The third kappa shape index (κ3) is 5.40. The Labute approximate surface area is 225 Å². The molecule has 1 fully saturated rings. The number of aromatic nitrogens is 2. The van der Waals surface area contributed by atoms with E-state index < -0.39 is 10.0 Å². The van der Waals surface area contributed by atoms with Gasteiger partial charge in [-0.15, -0.1) is 0 Å². The molecule has 192 valence electrons. The van der Waals surface area contributed by atoms with Crippen molar-refractivity contribution in [3.63, 3.8) is 0 Å². The molecule has 37 heavy (non-hydrogen) atoms. The first-order valence-corrected chi connectivity index (χ1v) is 14.7. The molecule has 2 atom stereocenters. The minimum Gasteiger partial charge on any atom is -0.279 e. The monoisotopic (exact) mass is 554 g/mol. The van der Waals surface area contributed by atoms with Crippen LogP contribution in [-0.2, 0) is 16.6 Å². The number of para-hydroxylation sites is 1. The number of halogens is 1. The van der Waals surface area contributed by atoms with E-state index in [-0.39, 0.29) is 17.3 Å². The van der Waals surface area contributed by atoms with Crippen LogP contribution < -0.4 is 4.90 Å². The summed E-state index contributed by atoms with van der Waals surface area (Å²) in [4.78, 5) is 24.3. The number of pyridine rings is 1. The van der Waals surface area contributed by atoms with E-state index in [0.717, 1.165) is 16.7 Å². The van der Waals surface area contributed by atoms with Crippen molar-refractivity contribution in [1.29, 1.82) is 0 Å². The molecule has 4 aromatic rings. The number of carbonyl (C=O) groups excluding carboxylic acids is 1. The lowest BCUT2D eigenvalue weighted by atomic mass is 9.94. The molecule has 0 bridgehead atoms. The first-order chi connectivity index (χ1) is 17.7. The second-order valence-corrected chi connectivity index (χ2v) is 13.0. The lowest BCUT2D eigenvalue weighted by Gasteiger charge is -2.34. The van der Waals surface area contributed by atoms with Gasteiger partial charge in [0.2, 0.25) is 10.0 Å². The molecular formula is C27H27ClN4O3S2. The summed E-state index contributed by atoms with van der Waals surface area (Å²) in [6, 6.07) is 15.4. The van der Waals surface area contributed by atoms with Gasteiger partial charge in [0.05, 0.1) is 21.2 Å². The van der Waals surface area contributed by atoms with Crippen LogP contribution in [-0.4, -0.2) is 41.7 Å². The molecule has 2 aromatic heterocycles. The maximum absolute atomic E-state index is 13.7. The number of sulfonamides is 1. The van der Waals surface area contributed by atoms with E-state index >= 15 is 0 Å². The van der Waals surface area contributed by atoms with Crippen LogP contribution in [0.2, 0.25) is 5.02 Å². The highest BCUT2D eigenvalue weighted by atomic mass is 35.5. The van der Waals surface area contributed by atoms with Crippen LogP contribution in [0.25, 0.3) is 10.2 Å². The van der Waals surface area contributed by atoms with Crippen LogP contribution in [0.4, 0.5) is 5.13 Å². The van der Waals surface area contributed by atoms with Gasteiger partial charge in [0.1, 0.15) is 5.52 Å². The Hall–Kier alpha value is -2.85. The molecule has 3 heterocycles. The topological polar surface area (TPSA) is 83.5 Å². The molecule has 5 rings (SSSR count). The maximum atomic E-state index is 13.7. The molecule has 2 unspecified atom stereocenters. The third-order valence-corrected chi connectivity index (χ3v) is 9.67. The lowest BCUT2D eigenvalue weighted by Crippen LogP contribution is -2.42. The van der Waals surface area contributed by atoms with Crippen LogP contribution in [0.15, 0.2) is 71.9 Å². The average Bonchev–Trinajstić information content (AvgIpc) is 3.32. The zero-order valence-electron chi connectivity index (χ0n) is 20.5. The van der Waals surface area contributed by atoms with Crippen LogP contribution in [0, 0.1) is 11.8 Å². The number of piperidine rings is 1. The normalized spacial score (nSPS) is 18.7. The van der Waals surface area contributed by atoms with Gasteiger partial charge in [-0.05, 0) is 66.3 Å². The summed E-state index contributed by atoms with van der Waals surface area (Å²) >= 11 is 7.72. The quantitative estimate of drug-likeness (QED) is 0.298. The zero-order valence-corrected chi connectivity index (χ0v) is 22.9. The minimum absolute atomic E-state index is 0.191. The number of carbonyl (C=O) groups is 1. The van der Waals surface area contributed by atoms with Crippen molar-refractivity contribution in [2.24, 2.45) is 11.8 Å². The second kappa shape index (κ2) is 10.5. The number of rotatable bonds is 6. The fraction of sp³-hybridized carbons (Fsp3) is 0.296. The van der Waals surface area contributed by atoms with Crippen molar-refractivity contribution in [1.82, 2.24) is 14.3 Å². The van der Waals surface area contributed by atoms with E-state index in [1.54, 1.807) is 39.8 Å². The molecule has 0 radical (unpaired) electrons. The van der Waals surface area contributed by atoms with E-state index in [2.05, 4.69) is 23.8 Å². The van der Waals surface area contributed by atoms with Crippen LogP contribution in [0.5, 0.6) is 0 Å². The fourth-order valence-electron chi connectivity index (χ4n) is 4.80. The first-order valence-electron chi connectivity index (χ1n) is 12.1. The molecule has 0 saturated carbocycles. The summed E-state index contributed by atoms with van der Waals surface area (Å²) in [7, 11) is -3.64. The summed E-state index contributed by atoms with van der Waals surface area (Å²) < 4.78 is 29.0. The van der Waals surface area contributed by atoms with Crippen molar-refractivity contribution in [3.8, 4) is 0 Å². The summed E-state index contributed by atoms with van der Waals surface area (Å²) in [6.45, 7) is 5.42. The predicted molar refractivity (Wildman–Crippen MR) is 148 cm³/mol. The summed E-state index contributed by atoms with van der Waals surface area (Å²) in [5.41, 5.74) is 1.85. The summed E-state index contributed by atoms with van der Waals surface area (Å²) in [5, 5.41) is 1.02. The Bertz CT molecular complexity index is 1510. The molecule has 0 spiro atoms. The van der Waals surface area contributed by atoms with Gasteiger partial charge >= 0.3 is 0 Å². The summed E-state index contributed by atoms with van der Waals surface area (Å²) in [5.74, 6) is 0.327. The Kier molecular flexibility index (Phi) is 7.31. The SMILES string of the molecule is CC1CC(C)CN(S(=O)(=O)c2ccc(C(=O)N(Cc3cccnc3)c3nc4c(Cl)cccc4s3)cc2)C1. The van der Waals surface area contributed by atoms with Gasteiger partial charge in [-0.1, -0.05) is 48.9 Å². The van der Waals surface area contributed by atoms with E-state index in [1.165, 1.54) is 23.5 Å². The molecule has 1 saturated heterocycles. The number of hydrogen-bond acceptors (Lipinski definition) is 6. The van der Waals surface area contributed by atoms with Crippen LogP contribution in [0.1, 0.15) is 36.2 Å². The van der Waals surface area contributed by atoms with E-state index in [0.29, 0.717) is 46.2 Å². The molecule has 7 nitrogen and oxygen atoms in total. The average molecular weight is 555 g/mol. The molecule has 10 heteroatoms. The standard InChI is InChI=1S/C27H27ClN4O3S2/c1-18-13-19(2)16-31(15-18)37(34,35)22-10-8-21(9-11-22)26(33)32(17-20-5-4-12-29-14-20)27-30-25-23(28)6-3-7-24(25)36-27/h3-12,14,18-19H,13,15-17H2,1-2H3. The molecule has 0 aliphatic carbocycles. The van der Waals surface area contributed by atoms with Gasteiger partial charge in [0.15, 0.2) is 5.13 Å². The van der Waals surface area contributed by atoms with Crippen LogP contribution in [0.3, 0.4) is 0 Å². The lowest BCUT2D eigenvalue weighted by molar-refractivity contribution is 0.0985. The Balaban J connectivity index is 1.46. The molecule has 0 N–H and O–H groups in total. The first kappa shape index (κ1) is 25.8. The Morgan fingerprint density at radius 2 is 1.81 bits per heavy atom. The number of anilines is 1. The van der Waals surface area contributed by atoms with Gasteiger partial charge in [0, 0.05) is 31.0 Å². The van der Waals surface area contributed by atoms with Gasteiger partial charge in [-0.3, -0.25) is 14.7 Å². The van der Waals surface area contributed by atoms with Crippen molar-refractivity contribution >= 4 is 54.2 Å². The molecular weight excluding hydrogens is 528 g/mol. The zero-order chi connectivity index (χ0) is 26.2.